The maximum Gasteiger partial charge on any atom is 0.333 e. The lowest BCUT2D eigenvalue weighted by atomic mass is 9.96. The van der Waals surface area contributed by atoms with Gasteiger partial charge in [-0.15, -0.1) is 0 Å². The SMILES string of the molecule is C/C=C(\C)C(=O)O[C@@H]1C(O)[C@@H]2O[C@@H]3[C@H](O[C@@H](CCC)CCCCC[C@H](OC(C)=O)C(=O)CCC(=O)OC[C@@H](O2)[C@H]1OC(=O)/C=C/c1ccccc1)O[C@H](C)[C@H](O)[C@@H]3O. The molecular weight excluding hydrogens is 760 g/mol. The number of ketones is 1. The van der Waals surface area contributed by atoms with E-state index in [9.17, 15) is 39.3 Å². The molecule has 0 amide bonds. The van der Waals surface area contributed by atoms with E-state index in [1.165, 1.54) is 26.0 Å². The van der Waals surface area contributed by atoms with Crippen LogP contribution >= 0.6 is 0 Å². The molecule has 16 heteroatoms. The molecule has 3 N–H and O–H groups in total. The first-order chi connectivity index (χ1) is 27.7. The van der Waals surface area contributed by atoms with Gasteiger partial charge in [-0.25, -0.2) is 9.59 Å². The summed E-state index contributed by atoms with van der Waals surface area (Å²) in [6, 6.07) is 8.84. The van der Waals surface area contributed by atoms with Gasteiger partial charge in [-0.1, -0.05) is 62.6 Å². The molecule has 3 aliphatic heterocycles. The monoisotopic (exact) mass is 818 g/mol. The third-order valence-corrected chi connectivity index (χ3v) is 10.2. The molecular formula is C42H58O16. The number of carbonyl (C=O) groups excluding carboxylic acids is 5. The summed E-state index contributed by atoms with van der Waals surface area (Å²) >= 11 is 0. The predicted octanol–water partition coefficient (Wildman–Crippen LogP) is 3.40. The van der Waals surface area contributed by atoms with E-state index in [2.05, 4.69) is 0 Å². The fraction of sp³-hybridized carbons (Fsp3) is 0.643. The molecule has 3 aliphatic rings. The van der Waals surface area contributed by atoms with Gasteiger partial charge in [-0.05, 0) is 58.1 Å². The summed E-state index contributed by atoms with van der Waals surface area (Å²) in [5, 5.41) is 34.1. The van der Waals surface area contributed by atoms with Crippen LogP contribution in [-0.2, 0) is 61.9 Å². The maximum absolute atomic E-state index is 13.3. The average molecular weight is 819 g/mol. The number of esters is 4. The first kappa shape index (κ1) is 46.7. The first-order valence-electron chi connectivity index (χ1n) is 20.0. The van der Waals surface area contributed by atoms with Crippen molar-refractivity contribution in [1.82, 2.24) is 0 Å². The molecule has 3 fully saturated rings. The van der Waals surface area contributed by atoms with Crippen molar-refractivity contribution in [2.24, 2.45) is 0 Å². The molecule has 0 radical (unpaired) electrons. The number of cyclic esters (lactones) is 1. The predicted molar refractivity (Wildman–Crippen MR) is 204 cm³/mol. The fourth-order valence-electron chi connectivity index (χ4n) is 6.86. The zero-order chi connectivity index (χ0) is 42.4. The van der Waals surface area contributed by atoms with Crippen molar-refractivity contribution in [3.05, 3.63) is 53.6 Å². The molecule has 3 heterocycles. The van der Waals surface area contributed by atoms with Crippen LogP contribution in [-0.4, -0.2) is 125 Å². The number of hydrogen-bond acceptors (Lipinski definition) is 16. The van der Waals surface area contributed by atoms with E-state index in [1.54, 1.807) is 44.2 Å². The Hall–Kier alpha value is -4.03. The van der Waals surface area contributed by atoms with Gasteiger partial charge in [0.1, 0.15) is 37.1 Å². The smallest absolute Gasteiger partial charge is 0.333 e. The van der Waals surface area contributed by atoms with Crippen LogP contribution in [0.5, 0.6) is 0 Å². The molecule has 2 bridgehead atoms. The van der Waals surface area contributed by atoms with E-state index < -0.39 is 116 Å². The van der Waals surface area contributed by atoms with E-state index in [0.29, 0.717) is 37.7 Å². The highest BCUT2D eigenvalue weighted by atomic mass is 16.8. The molecule has 0 aliphatic carbocycles. The van der Waals surface area contributed by atoms with Crippen LogP contribution in [0.3, 0.4) is 0 Å². The topological polar surface area (TPSA) is 220 Å². The molecule has 16 nitrogen and oxygen atoms in total. The zero-order valence-corrected chi connectivity index (χ0v) is 33.8. The summed E-state index contributed by atoms with van der Waals surface area (Å²) in [4.78, 5) is 64.6. The summed E-state index contributed by atoms with van der Waals surface area (Å²) < 4.78 is 47.1. The second-order valence-electron chi connectivity index (χ2n) is 14.7. The molecule has 1 aromatic rings. The highest BCUT2D eigenvalue weighted by Gasteiger charge is 2.54. The van der Waals surface area contributed by atoms with Crippen LogP contribution < -0.4 is 0 Å². The summed E-state index contributed by atoms with van der Waals surface area (Å²) in [5.74, 6) is -3.75. The van der Waals surface area contributed by atoms with Crippen molar-refractivity contribution >= 4 is 35.7 Å². The summed E-state index contributed by atoms with van der Waals surface area (Å²) in [6.45, 7) is 7.16. The van der Waals surface area contributed by atoms with Gasteiger partial charge in [-0.3, -0.25) is 14.4 Å². The van der Waals surface area contributed by atoms with E-state index in [4.69, 9.17) is 37.9 Å². The van der Waals surface area contributed by atoms with Gasteiger partial charge in [0.05, 0.1) is 18.6 Å². The number of allylic oxidation sites excluding steroid dienone is 1. The molecule has 1 aromatic carbocycles. The molecule has 322 valence electrons. The van der Waals surface area contributed by atoms with Gasteiger partial charge in [0.15, 0.2) is 36.7 Å². The first-order valence-corrected chi connectivity index (χ1v) is 20.0. The Kier molecular flexibility index (Phi) is 18.5. The number of ether oxygens (including phenoxy) is 8. The lowest BCUT2D eigenvalue weighted by Crippen LogP contribution is -2.65. The van der Waals surface area contributed by atoms with Crippen LogP contribution in [0.15, 0.2) is 48.1 Å². The minimum Gasteiger partial charge on any atom is -0.463 e. The Morgan fingerprint density at radius 3 is 2.24 bits per heavy atom. The third kappa shape index (κ3) is 13.5. The van der Waals surface area contributed by atoms with Crippen LogP contribution in [0.2, 0.25) is 0 Å². The number of Topliss-reactive ketones (excluding diaryl/α,β-unsaturated/α-hetero) is 1. The molecule has 58 heavy (non-hydrogen) atoms. The molecule has 3 saturated heterocycles. The summed E-state index contributed by atoms with van der Waals surface area (Å²) in [7, 11) is 0. The van der Waals surface area contributed by atoms with Crippen molar-refractivity contribution in [1.29, 1.82) is 0 Å². The van der Waals surface area contributed by atoms with Crippen LogP contribution in [0.4, 0.5) is 0 Å². The quantitative estimate of drug-likeness (QED) is 0.194. The van der Waals surface area contributed by atoms with Crippen molar-refractivity contribution in [2.75, 3.05) is 6.61 Å². The Morgan fingerprint density at radius 1 is 0.828 bits per heavy atom. The number of carbonyl (C=O) groups is 5. The fourth-order valence-corrected chi connectivity index (χ4v) is 6.86. The van der Waals surface area contributed by atoms with Crippen LogP contribution in [0.25, 0.3) is 6.08 Å². The second kappa shape index (κ2) is 22.9. The number of rotatable bonds is 8. The van der Waals surface area contributed by atoms with Gasteiger partial charge < -0.3 is 53.2 Å². The van der Waals surface area contributed by atoms with Gasteiger partial charge in [0, 0.05) is 25.0 Å². The number of aliphatic hydroxyl groups is 3. The summed E-state index contributed by atoms with van der Waals surface area (Å²) in [6.07, 6.45) is -9.21. The zero-order valence-electron chi connectivity index (χ0n) is 33.8. The van der Waals surface area contributed by atoms with Gasteiger partial charge in [0.25, 0.3) is 0 Å². The van der Waals surface area contributed by atoms with Crippen LogP contribution in [0, 0.1) is 0 Å². The van der Waals surface area contributed by atoms with Crippen molar-refractivity contribution < 1.29 is 77.2 Å². The van der Waals surface area contributed by atoms with E-state index in [0.717, 1.165) is 12.5 Å². The minimum atomic E-state index is -1.89. The normalized spacial score (nSPS) is 33.6. The number of aliphatic hydroxyl groups excluding tert-OH is 3. The Bertz CT molecular complexity index is 1580. The molecule has 0 saturated carbocycles. The third-order valence-electron chi connectivity index (χ3n) is 10.2. The van der Waals surface area contributed by atoms with E-state index >= 15 is 0 Å². The number of fused-ring (bicyclic) bond motifs is 3. The van der Waals surface area contributed by atoms with Crippen molar-refractivity contribution in [3.63, 3.8) is 0 Å². The minimum absolute atomic E-state index is 0.154. The lowest BCUT2D eigenvalue weighted by Gasteiger charge is -2.47. The molecule has 0 aromatic heterocycles. The second-order valence-corrected chi connectivity index (χ2v) is 14.7. The largest absolute Gasteiger partial charge is 0.463 e. The van der Waals surface area contributed by atoms with Crippen molar-refractivity contribution in [3.8, 4) is 0 Å². The highest BCUT2D eigenvalue weighted by molar-refractivity contribution is 5.89. The standard InChI is InChI=1S/C42H58O16/c1-6-14-28-17-12-9-13-18-30(53-26(5)43)29(44)20-22-32(45)51-23-31-37(56-33(46)21-19-27-15-10-8-11-16-27)38(57-40(50)24(3)7-2)36(49)41(55-31)58-39-35(48)34(47)25(4)52-42(39)54-28/h7-8,10-11,15-16,19,21,25,28,30-31,34-39,41-42,47-49H,6,9,12-14,17-18,20,22-23H2,1-5H3/b21-19+,24-7+/t25-,28+,30+,31-,34+,35+,36?,37-,38-,39+,41+,42+/m1/s1. The van der Waals surface area contributed by atoms with E-state index in [-0.39, 0.29) is 18.4 Å². The van der Waals surface area contributed by atoms with Gasteiger partial charge in [-0.2, -0.15) is 0 Å². The molecule has 12 atom stereocenters. The highest BCUT2D eigenvalue weighted by Crippen LogP contribution is 2.34. The van der Waals surface area contributed by atoms with Crippen LogP contribution in [0.1, 0.15) is 98.0 Å². The van der Waals surface area contributed by atoms with E-state index in [1.807, 2.05) is 6.92 Å². The van der Waals surface area contributed by atoms with Gasteiger partial charge in [0.2, 0.25) is 0 Å². The Balaban J connectivity index is 1.73. The lowest BCUT2D eigenvalue weighted by molar-refractivity contribution is -0.369. The maximum atomic E-state index is 13.3. The average Bonchev–Trinajstić information content (AvgIpc) is 3.20. The molecule has 4 rings (SSSR count). The number of benzene rings is 1. The Morgan fingerprint density at radius 2 is 1.55 bits per heavy atom. The summed E-state index contributed by atoms with van der Waals surface area (Å²) in [5.41, 5.74) is 0.825. The van der Waals surface area contributed by atoms with Crippen molar-refractivity contribution in [2.45, 2.75) is 166 Å². The molecule has 1 unspecified atom stereocenters. The Labute approximate surface area is 338 Å². The number of hydrogen-bond donors (Lipinski definition) is 3. The van der Waals surface area contributed by atoms with Gasteiger partial charge >= 0.3 is 23.9 Å². The molecule has 0 spiro atoms.